The number of amidine groups is 1. The first-order valence-corrected chi connectivity index (χ1v) is 8.07. The monoisotopic (exact) mass is 327 g/mol. The van der Waals surface area contributed by atoms with E-state index in [1.807, 2.05) is 13.8 Å². The van der Waals surface area contributed by atoms with Gasteiger partial charge in [0, 0.05) is 25.2 Å². The van der Waals surface area contributed by atoms with Crippen molar-refractivity contribution in [3.63, 3.8) is 0 Å². The summed E-state index contributed by atoms with van der Waals surface area (Å²) in [4.78, 5) is 16.0. The highest BCUT2D eigenvalue weighted by Gasteiger charge is 2.28. The molecule has 0 saturated carbocycles. The number of carbonyl (C=O) groups is 1. The maximum atomic E-state index is 11.9. The molecule has 0 radical (unpaired) electrons. The molecule has 0 aromatic heterocycles. The van der Waals surface area contributed by atoms with Crippen LogP contribution in [0.4, 0.5) is 0 Å². The Labute approximate surface area is 143 Å². The van der Waals surface area contributed by atoms with Gasteiger partial charge >= 0.3 is 0 Å². The van der Waals surface area contributed by atoms with E-state index in [9.17, 15) is 10.0 Å². The molecule has 2 rings (SSSR count). The molecule has 0 unspecified atom stereocenters. The minimum absolute atomic E-state index is 0.264. The van der Waals surface area contributed by atoms with Gasteiger partial charge in [0.15, 0.2) is 5.84 Å². The van der Waals surface area contributed by atoms with Crippen molar-refractivity contribution in [1.82, 2.24) is 10.4 Å². The molecule has 1 aromatic rings. The molecule has 0 bridgehead atoms. The summed E-state index contributed by atoms with van der Waals surface area (Å²) in [6, 6.07) is 8.42. The number of nitrogens with one attached hydrogen (secondary N) is 1. The fourth-order valence-electron chi connectivity index (χ4n) is 2.64. The Morgan fingerprint density at radius 3 is 2.38 bits per heavy atom. The van der Waals surface area contributed by atoms with Crippen molar-refractivity contribution in [2.45, 2.75) is 40.2 Å². The molecule has 0 aliphatic carbocycles. The summed E-state index contributed by atoms with van der Waals surface area (Å²) in [6.45, 7) is 8.78. The second-order valence-corrected chi connectivity index (χ2v) is 6.38. The third kappa shape index (κ3) is 3.74. The average molecular weight is 327 g/mol. The molecule has 24 heavy (non-hydrogen) atoms. The fourth-order valence-corrected chi connectivity index (χ4v) is 2.64. The van der Waals surface area contributed by atoms with Crippen molar-refractivity contribution in [3.05, 3.63) is 58.3 Å². The zero-order chi connectivity index (χ0) is 17.9. The lowest BCUT2D eigenvalue weighted by atomic mass is 10.0. The Morgan fingerprint density at radius 1 is 1.25 bits per heavy atom. The Balaban J connectivity index is 2.22. The topological polar surface area (TPSA) is 64.9 Å². The van der Waals surface area contributed by atoms with Gasteiger partial charge in [0.05, 0.1) is 5.70 Å². The van der Waals surface area contributed by atoms with Crippen LogP contribution in [0.25, 0.3) is 0 Å². The van der Waals surface area contributed by atoms with Gasteiger partial charge in [-0.25, -0.2) is 0 Å². The van der Waals surface area contributed by atoms with Crippen LogP contribution in [-0.2, 0) is 11.3 Å². The first-order valence-electron chi connectivity index (χ1n) is 8.07. The van der Waals surface area contributed by atoms with E-state index in [-0.39, 0.29) is 5.84 Å². The largest absolute Gasteiger partial charge is 0.380 e. The molecule has 0 fully saturated rings. The molecule has 1 heterocycles. The van der Waals surface area contributed by atoms with Crippen molar-refractivity contribution in [1.29, 1.82) is 0 Å². The maximum absolute atomic E-state index is 11.9. The number of hydrogen-bond acceptors (Lipinski definition) is 4. The molecule has 2 N–H and O–H groups in total. The van der Waals surface area contributed by atoms with E-state index in [0.29, 0.717) is 23.2 Å². The van der Waals surface area contributed by atoms with E-state index in [2.05, 4.69) is 48.4 Å². The molecule has 0 atom stereocenters. The zero-order valence-electron chi connectivity index (χ0n) is 14.9. The van der Waals surface area contributed by atoms with E-state index in [1.54, 1.807) is 7.05 Å². The second kappa shape index (κ2) is 7.45. The molecule has 5 heteroatoms. The zero-order valence-corrected chi connectivity index (χ0v) is 14.9. The van der Waals surface area contributed by atoms with Gasteiger partial charge < -0.3 is 5.32 Å². The fraction of sp³-hybridized carbons (Fsp3) is 0.368. The molecule has 1 aliphatic heterocycles. The Hall–Kier alpha value is -2.40. The molecule has 1 amide bonds. The lowest BCUT2D eigenvalue weighted by Crippen LogP contribution is -2.40. The van der Waals surface area contributed by atoms with E-state index >= 15 is 0 Å². The van der Waals surface area contributed by atoms with Crippen LogP contribution in [0.2, 0.25) is 0 Å². The maximum Gasteiger partial charge on any atom is 0.278 e. The van der Waals surface area contributed by atoms with E-state index in [0.717, 1.165) is 16.7 Å². The third-order valence-corrected chi connectivity index (χ3v) is 4.01. The first kappa shape index (κ1) is 17.9. The number of benzene rings is 1. The quantitative estimate of drug-likeness (QED) is 0.833. The first-order chi connectivity index (χ1) is 11.3. The lowest BCUT2D eigenvalue weighted by molar-refractivity contribution is -0.143. The smallest absolute Gasteiger partial charge is 0.278 e. The molecule has 1 aliphatic rings. The molecular formula is C19H25N3O2. The number of hydrogen-bond donors (Lipinski definition) is 2. The highest BCUT2D eigenvalue weighted by molar-refractivity contribution is 6.15. The standard InChI is InChI=1S/C19H25N3O2/c1-12(2)15-8-6-14(7-9-15)11-21-16-10-17(23)22(24)19(20-5)18(16)13(3)4/h6-10,12,21,24H,11H2,1-5H3. The summed E-state index contributed by atoms with van der Waals surface area (Å²) in [5.41, 5.74) is 4.82. The van der Waals surface area contributed by atoms with Crippen molar-refractivity contribution < 1.29 is 10.0 Å². The second-order valence-electron chi connectivity index (χ2n) is 6.38. The normalized spacial score (nSPS) is 16.7. The highest BCUT2D eigenvalue weighted by Crippen LogP contribution is 2.22. The number of amides is 1. The molecule has 5 nitrogen and oxygen atoms in total. The van der Waals surface area contributed by atoms with E-state index < -0.39 is 5.91 Å². The van der Waals surface area contributed by atoms with Crippen molar-refractivity contribution in [2.24, 2.45) is 4.99 Å². The van der Waals surface area contributed by atoms with Crippen molar-refractivity contribution in [3.8, 4) is 0 Å². The Kier molecular flexibility index (Phi) is 5.57. The third-order valence-electron chi connectivity index (χ3n) is 4.01. The van der Waals surface area contributed by atoms with Crippen LogP contribution in [0.15, 0.2) is 52.2 Å². The molecule has 0 saturated heterocycles. The average Bonchev–Trinajstić information content (AvgIpc) is 2.55. The van der Waals surface area contributed by atoms with Gasteiger partial charge in [-0.1, -0.05) is 43.7 Å². The van der Waals surface area contributed by atoms with Crippen LogP contribution in [0.1, 0.15) is 44.7 Å². The summed E-state index contributed by atoms with van der Waals surface area (Å²) >= 11 is 0. The van der Waals surface area contributed by atoms with Crippen LogP contribution < -0.4 is 5.32 Å². The van der Waals surface area contributed by atoms with Crippen LogP contribution in [0, 0.1) is 0 Å². The predicted octanol–water partition coefficient (Wildman–Crippen LogP) is 3.38. The van der Waals surface area contributed by atoms with Crippen LogP contribution in [-0.4, -0.2) is 29.1 Å². The lowest BCUT2D eigenvalue weighted by Gasteiger charge is -2.26. The van der Waals surface area contributed by atoms with Gasteiger partial charge in [-0.2, -0.15) is 5.06 Å². The summed E-state index contributed by atoms with van der Waals surface area (Å²) in [5.74, 6) is 0.264. The van der Waals surface area contributed by atoms with Gasteiger partial charge in [0.1, 0.15) is 0 Å². The predicted molar refractivity (Wildman–Crippen MR) is 95.8 cm³/mol. The molecular weight excluding hydrogens is 302 g/mol. The van der Waals surface area contributed by atoms with Gasteiger partial charge in [-0.3, -0.25) is 15.0 Å². The summed E-state index contributed by atoms with van der Waals surface area (Å²) in [6.07, 6.45) is 1.40. The Bertz CT molecular complexity index is 709. The number of nitrogens with zero attached hydrogens (tertiary/aromatic N) is 2. The summed E-state index contributed by atoms with van der Waals surface area (Å²) in [5, 5.41) is 13.8. The molecule has 0 spiro atoms. The van der Waals surface area contributed by atoms with Crippen molar-refractivity contribution in [2.75, 3.05) is 7.05 Å². The van der Waals surface area contributed by atoms with Gasteiger partial charge in [0.25, 0.3) is 5.91 Å². The number of rotatable bonds is 4. The number of aliphatic imine (C=N–C) groups is 1. The molecule has 1 aromatic carbocycles. The van der Waals surface area contributed by atoms with Gasteiger partial charge in [0.2, 0.25) is 0 Å². The van der Waals surface area contributed by atoms with Crippen LogP contribution >= 0.6 is 0 Å². The number of carbonyl (C=O) groups excluding carboxylic acids is 1. The minimum Gasteiger partial charge on any atom is -0.380 e. The highest BCUT2D eigenvalue weighted by atomic mass is 16.5. The van der Waals surface area contributed by atoms with E-state index in [1.165, 1.54) is 11.6 Å². The van der Waals surface area contributed by atoms with E-state index in [4.69, 9.17) is 0 Å². The number of hydroxylamine groups is 2. The van der Waals surface area contributed by atoms with Crippen LogP contribution in [0.3, 0.4) is 0 Å². The minimum atomic E-state index is -0.502. The SMILES string of the molecule is CN=C1C(=C(C)C)C(NCc2ccc(C(C)C)cc2)=CC(=O)N1O. The molecule has 128 valence electrons. The summed E-state index contributed by atoms with van der Waals surface area (Å²) < 4.78 is 0. The van der Waals surface area contributed by atoms with Gasteiger partial charge in [-0.15, -0.1) is 0 Å². The van der Waals surface area contributed by atoms with Crippen molar-refractivity contribution >= 4 is 11.7 Å². The van der Waals surface area contributed by atoms with Gasteiger partial charge in [-0.05, 0) is 30.9 Å². The number of allylic oxidation sites excluding steroid dienone is 1. The Morgan fingerprint density at radius 2 is 1.88 bits per heavy atom. The van der Waals surface area contributed by atoms with Crippen LogP contribution in [0.5, 0.6) is 0 Å². The summed E-state index contributed by atoms with van der Waals surface area (Å²) in [7, 11) is 1.56.